The van der Waals surface area contributed by atoms with Crippen molar-refractivity contribution in [3.8, 4) is 23.3 Å². The predicted octanol–water partition coefficient (Wildman–Crippen LogP) is 3.88. The van der Waals surface area contributed by atoms with E-state index in [4.69, 9.17) is 14.2 Å². The molecule has 0 unspecified atom stereocenters. The number of rotatable bonds is 4. The van der Waals surface area contributed by atoms with Crippen molar-refractivity contribution in [2.45, 2.75) is 0 Å². The molecule has 0 fully saturated rings. The minimum Gasteiger partial charge on any atom is -0.493 e. The number of ketones is 1. The standard InChI is InChI=1S/C21H15FN2O4/c1-26-18-7-12(8-19-21(18)28-5-4-27-19)6-13(10-23)20(25)16-11-24-17-9-14(22)2-3-15(16)17/h2-3,6-9,11,24H,4-5H2,1H3/b13-6+. The molecule has 0 saturated carbocycles. The van der Waals surface area contributed by atoms with Gasteiger partial charge in [-0.1, -0.05) is 0 Å². The number of halogens is 1. The molecule has 0 bridgehead atoms. The Morgan fingerprint density at radius 2 is 2.11 bits per heavy atom. The van der Waals surface area contributed by atoms with Gasteiger partial charge in [-0.05, 0) is 42.0 Å². The zero-order valence-corrected chi connectivity index (χ0v) is 14.9. The average Bonchev–Trinajstić information content (AvgIpc) is 3.13. The third-order valence-corrected chi connectivity index (χ3v) is 4.41. The van der Waals surface area contributed by atoms with E-state index in [1.165, 1.54) is 37.6 Å². The molecule has 0 aliphatic carbocycles. The van der Waals surface area contributed by atoms with E-state index in [1.54, 1.807) is 12.1 Å². The van der Waals surface area contributed by atoms with Gasteiger partial charge in [-0.3, -0.25) is 4.79 Å². The molecule has 140 valence electrons. The van der Waals surface area contributed by atoms with Crippen LogP contribution in [-0.2, 0) is 0 Å². The number of fused-ring (bicyclic) bond motifs is 2. The van der Waals surface area contributed by atoms with Crippen LogP contribution in [0.5, 0.6) is 17.2 Å². The number of H-pyrrole nitrogens is 1. The largest absolute Gasteiger partial charge is 0.493 e. The van der Waals surface area contributed by atoms with Gasteiger partial charge in [0.25, 0.3) is 0 Å². The van der Waals surface area contributed by atoms with Gasteiger partial charge in [0.05, 0.1) is 7.11 Å². The zero-order chi connectivity index (χ0) is 19.7. The van der Waals surface area contributed by atoms with E-state index in [0.717, 1.165) is 0 Å². The molecule has 0 radical (unpaired) electrons. The number of allylic oxidation sites excluding steroid dienone is 1. The Morgan fingerprint density at radius 3 is 2.89 bits per heavy atom. The van der Waals surface area contributed by atoms with Gasteiger partial charge >= 0.3 is 0 Å². The second kappa shape index (κ2) is 7.08. The van der Waals surface area contributed by atoms with Crippen molar-refractivity contribution in [1.29, 1.82) is 5.26 Å². The van der Waals surface area contributed by atoms with Crippen molar-refractivity contribution in [2.75, 3.05) is 20.3 Å². The topological polar surface area (TPSA) is 84.3 Å². The summed E-state index contributed by atoms with van der Waals surface area (Å²) in [5.41, 5.74) is 1.29. The van der Waals surface area contributed by atoms with E-state index >= 15 is 0 Å². The Balaban J connectivity index is 1.75. The fraction of sp³-hybridized carbons (Fsp3) is 0.143. The van der Waals surface area contributed by atoms with Gasteiger partial charge in [-0.2, -0.15) is 5.26 Å². The first kappa shape index (κ1) is 17.6. The highest BCUT2D eigenvalue weighted by atomic mass is 19.1. The fourth-order valence-corrected chi connectivity index (χ4v) is 3.12. The van der Waals surface area contributed by atoms with Crippen LogP contribution in [0.3, 0.4) is 0 Å². The first-order chi connectivity index (χ1) is 13.6. The summed E-state index contributed by atoms with van der Waals surface area (Å²) in [4.78, 5) is 15.7. The lowest BCUT2D eigenvalue weighted by molar-refractivity contribution is 0.104. The lowest BCUT2D eigenvalue weighted by Gasteiger charge is -2.21. The van der Waals surface area contributed by atoms with E-state index < -0.39 is 11.6 Å². The Labute approximate surface area is 159 Å². The molecule has 3 aromatic rings. The lowest BCUT2D eigenvalue weighted by Crippen LogP contribution is -2.16. The van der Waals surface area contributed by atoms with Gasteiger partial charge in [0.2, 0.25) is 11.5 Å². The van der Waals surface area contributed by atoms with E-state index in [0.29, 0.717) is 52.5 Å². The molecule has 4 rings (SSSR count). The smallest absolute Gasteiger partial charge is 0.205 e. The molecule has 0 saturated heterocycles. The number of hydrogen-bond acceptors (Lipinski definition) is 5. The van der Waals surface area contributed by atoms with Crippen molar-refractivity contribution in [3.05, 3.63) is 59.0 Å². The Bertz CT molecular complexity index is 1140. The van der Waals surface area contributed by atoms with Crippen LogP contribution in [0.2, 0.25) is 0 Å². The minimum absolute atomic E-state index is 0.0658. The van der Waals surface area contributed by atoms with E-state index in [-0.39, 0.29) is 5.57 Å². The number of aromatic amines is 1. The third kappa shape index (κ3) is 3.05. The number of nitrogens with one attached hydrogen (secondary N) is 1. The van der Waals surface area contributed by atoms with Crippen LogP contribution in [0.4, 0.5) is 4.39 Å². The summed E-state index contributed by atoms with van der Waals surface area (Å²) in [6, 6.07) is 9.38. The summed E-state index contributed by atoms with van der Waals surface area (Å²) >= 11 is 0. The number of nitriles is 1. The van der Waals surface area contributed by atoms with Crippen LogP contribution >= 0.6 is 0 Å². The van der Waals surface area contributed by atoms with Gasteiger partial charge in [-0.15, -0.1) is 0 Å². The number of carbonyl (C=O) groups is 1. The molecule has 1 N–H and O–H groups in total. The highest BCUT2D eigenvalue weighted by Crippen LogP contribution is 2.41. The number of methoxy groups -OCH3 is 1. The maximum atomic E-state index is 13.4. The SMILES string of the molecule is COc1cc(/C=C(\C#N)C(=O)c2c[nH]c3cc(F)ccc23)cc2c1OCCO2. The molecule has 0 spiro atoms. The molecule has 2 aromatic carbocycles. The Hall–Kier alpha value is -3.79. The number of Topliss-reactive ketones (excluding diaryl/α,β-unsaturated/α-hetero) is 1. The summed E-state index contributed by atoms with van der Waals surface area (Å²) in [5.74, 6) is 0.566. The van der Waals surface area contributed by atoms with Crippen molar-refractivity contribution < 1.29 is 23.4 Å². The molecule has 1 aliphatic heterocycles. The minimum atomic E-state index is -0.464. The molecule has 0 atom stereocenters. The van der Waals surface area contributed by atoms with Crippen molar-refractivity contribution in [3.63, 3.8) is 0 Å². The maximum Gasteiger partial charge on any atom is 0.205 e. The van der Waals surface area contributed by atoms with Crippen molar-refractivity contribution in [2.24, 2.45) is 0 Å². The predicted molar refractivity (Wildman–Crippen MR) is 100 cm³/mol. The summed E-state index contributed by atoms with van der Waals surface area (Å²) < 4.78 is 29.8. The van der Waals surface area contributed by atoms with Gasteiger partial charge in [0.15, 0.2) is 11.5 Å². The number of ether oxygens (including phenoxy) is 3. The third-order valence-electron chi connectivity index (χ3n) is 4.41. The Kier molecular flexibility index (Phi) is 4.45. The van der Waals surface area contributed by atoms with Crippen LogP contribution in [0.1, 0.15) is 15.9 Å². The highest BCUT2D eigenvalue weighted by molar-refractivity contribution is 6.19. The van der Waals surface area contributed by atoms with Crippen molar-refractivity contribution in [1.82, 2.24) is 4.98 Å². The molecular formula is C21H15FN2O4. The summed E-state index contributed by atoms with van der Waals surface area (Å²) in [6.07, 6.45) is 2.94. The molecule has 28 heavy (non-hydrogen) atoms. The first-order valence-corrected chi connectivity index (χ1v) is 8.51. The second-order valence-electron chi connectivity index (χ2n) is 6.14. The number of aromatic nitrogens is 1. The van der Waals surface area contributed by atoms with Crippen LogP contribution < -0.4 is 14.2 Å². The molecule has 1 aliphatic rings. The first-order valence-electron chi connectivity index (χ1n) is 8.51. The number of carbonyl (C=O) groups excluding carboxylic acids is 1. The van der Waals surface area contributed by atoms with Gasteiger partial charge < -0.3 is 19.2 Å². The molecule has 0 amide bonds. The maximum absolute atomic E-state index is 13.4. The molecule has 2 heterocycles. The van der Waals surface area contributed by atoms with Crippen LogP contribution in [0, 0.1) is 17.1 Å². The van der Waals surface area contributed by atoms with Gasteiger partial charge in [0, 0.05) is 22.7 Å². The van der Waals surface area contributed by atoms with Crippen LogP contribution in [0.25, 0.3) is 17.0 Å². The van der Waals surface area contributed by atoms with Crippen LogP contribution in [-0.4, -0.2) is 31.1 Å². The normalized spacial score (nSPS) is 13.2. The van der Waals surface area contributed by atoms with Crippen molar-refractivity contribution >= 4 is 22.8 Å². The molecular weight excluding hydrogens is 363 g/mol. The highest BCUT2D eigenvalue weighted by Gasteiger charge is 2.20. The van der Waals surface area contributed by atoms with E-state index in [2.05, 4.69) is 4.98 Å². The Morgan fingerprint density at radius 1 is 1.29 bits per heavy atom. The van der Waals surface area contributed by atoms with Gasteiger partial charge in [0.1, 0.15) is 30.7 Å². The van der Waals surface area contributed by atoms with E-state index in [1.807, 2.05) is 6.07 Å². The number of benzene rings is 2. The van der Waals surface area contributed by atoms with Gasteiger partial charge in [-0.25, -0.2) is 4.39 Å². The molecule has 1 aromatic heterocycles. The molecule has 7 heteroatoms. The zero-order valence-electron chi connectivity index (χ0n) is 14.9. The second-order valence-corrected chi connectivity index (χ2v) is 6.14. The summed E-state index contributed by atoms with van der Waals surface area (Å²) in [7, 11) is 1.50. The van der Waals surface area contributed by atoms with Crippen LogP contribution in [0.15, 0.2) is 42.1 Å². The molecule has 6 nitrogen and oxygen atoms in total. The fourth-order valence-electron chi connectivity index (χ4n) is 3.12. The van der Waals surface area contributed by atoms with E-state index in [9.17, 15) is 14.4 Å². The number of hydrogen-bond donors (Lipinski definition) is 1. The summed E-state index contributed by atoms with van der Waals surface area (Å²) in [5, 5.41) is 10.1. The summed E-state index contributed by atoms with van der Waals surface area (Å²) in [6.45, 7) is 0.820. The monoisotopic (exact) mass is 378 g/mol. The lowest BCUT2D eigenvalue weighted by atomic mass is 10.0. The quantitative estimate of drug-likeness (QED) is 0.423. The average molecular weight is 378 g/mol. The number of nitrogens with zero attached hydrogens (tertiary/aromatic N) is 1.